The Morgan fingerprint density at radius 3 is 1.91 bits per heavy atom. The van der Waals surface area contributed by atoms with Crippen LogP contribution in [-0.4, -0.2) is 22.0 Å². The lowest BCUT2D eigenvalue weighted by molar-refractivity contribution is -0.511. The minimum atomic E-state index is -1.48. The second-order valence-electron chi connectivity index (χ2n) is 5.07. The van der Waals surface area contributed by atoms with E-state index >= 15 is 0 Å². The summed E-state index contributed by atoms with van der Waals surface area (Å²) in [5.41, 5.74) is 0. The zero-order valence-corrected chi connectivity index (χ0v) is 13.8. The average Bonchev–Trinajstić information content (AvgIpc) is 2.50. The van der Waals surface area contributed by atoms with E-state index in [0.717, 1.165) is 25.7 Å². The Bertz CT molecular complexity index is 436. The molecule has 23 heavy (non-hydrogen) atoms. The van der Waals surface area contributed by atoms with E-state index in [1.165, 1.54) is 0 Å². The van der Waals surface area contributed by atoms with Crippen molar-refractivity contribution in [1.82, 2.24) is 0 Å². The van der Waals surface area contributed by atoms with Gasteiger partial charge in [-0.25, -0.2) is 4.79 Å². The van der Waals surface area contributed by atoms with Gasteiger partial charge in [0.25, 0.3) is 0 Å². The van der Waals surface area contributed by atoms with Crippen LogP contribution in [-0.2, 0) is 4.79 Å². The van der Waals surface area contributed by atoms with Gasteiger partial charge < -0.3 is 5.11 Å². The first kappa shape index (κ1) is 20.8. The highest BCUT2D eigenvalue weighted by Gasteiger charge is 2.27. The van der Waals surface area contributed by atoms with E-state index in [-0.39, 0.29) is 6.42 Å². The molecule has 0 aromatic carbocycles. The summed E-state index contributed by atoms with van der Waals surface area (Å²) in [4.78, 5) is 20.4. The molecule has 1 N–H and O–H groups in total. The molecule has 0 aliphatic heterocycles. The van der Waals surface area contributed by atoms with Crippen molar-refractivity contribution in [3.05, 3.63) is 58.7 Å². The van der Waals surface area contributed by atoms with Crippen molar-refractivity contribution >= 4 is 5.97 Å². The Morgan fingerprint density at radius 2 is 1.48 bits per heavy atom. The van der Waals surface area contributed by atoms with Gasteiger partial charge in [-0.3, -0.25) is 10.1 Å². The first-order valence-corrected chi connectivity index (χ1v) is 8.05. The van der Waals surface area contributed by atoms with Gasteiger partial charge in [-0.1, -0.05) is 55.5 Å². The molecule has 1 unspecified atom stereocenters. The number of rotatable bonds is 13. The van der Waals surface area contributed by atoms with Crippen molar-refractivity contribution in [2.45, 2.75) is 57.9 Å². The number of carbonyl (C=O) groups is 1. The Morgan fingerprint density at radius 1 is 1.00 bits per heavy atom. The van der Waals surface area contributed by atoms with Crippen LogP contribution in [0.1, 0.15) is 51.9 Å². The van der Waals surface area contributed by atoms with Gasteiger partial charge in [-0.05, 0) is 38.5 Å². The first-order valence-electron chi connectivity index (χ1n) is 8.05. The summed E-state index contributed by atoms with van der Waals surface area (Å²) in [6.45, 7) is 2.11. The second-order valence-corrected chi connectivity index (χ2v) is 5.07. The van der Waals surface area contributed by atoms with Crippen molar-refractivity contribution < 1.29 is 14.8 Å². The number of hydrogen-bond donors (Lipinski definition) is 1. The van der Waals surface area contributed by atoms with E-state index in [0.29, 0.717) is 12.8 Å². The summed E-state index contributed by atoms with van der Waals surface area (Å²) in [6.07, 6.45) is 21.7. The largest absolute Gasteiger partial charge is 0.476 e. The molecular formula is C18H27NO4. The molecule has 0 saturated heterocycles. The molecular weight excluding hydrogens is 294 g/mol. The number of carboxylic acids is 1. The van der Waals surface area contributed by atoms with Crippen LogP contribution in [0.5, 0.6) is 0 Å². The molecule has 0 radical (unpaired) electrons. The highest BCUT2D eigenvalue weighted by Crippen LogP contribution is 2.05. The Labute approximate surface area is 138 Å². The third-order valence-electron chi connectivity index (χ3n) is 3.11. The molecule has 0 spiro atoms. The molecule has 0 aromatic rings. The Kier molecular flexibility index (Phi) is 13.4. The Hall–Kier alpha value is -2.17. The van der Waals surface area contributed by atoms with Crippen LogP contribution in [0, 0.1) is 10.1 Å². The van der Waals surface area contributed by atoms with E-state index in [1.54, 1.807) is 0 Å². The van der Waals surface area contributed by atoms with Crippen molar-refractivity contribution in [3.63, 3.8) is 0 Å². The number of hydrogen-bond acceptors (Lipinski definition) is 3. The fraction of sp³-hybridized carbons (Fsp3) is 0.500. The van der Waals surface area contributed by atoms with Crippen LogP contribution in [0.2, 0.25) is 0 Å². The average molecular weight is 321 g/mol. The first-order chi connectivity index (χ1) is 11.1. The van der Waals surface area contributed by atoms with Gasteiger partial charge in [0.15, 0.2) is 0 Å². The second kappa shape index (κ2) is 14.8. The lowest BCUT2D eigenvalue weighted by atomic mass is 10.1. The lowest BCUT2D eigenvalue weighted by Gasteiger charge is -2.02. The predicted molar refractivity (Wildman–Crippen MR) is 93.0 cm³/mol. The van der Waals surface area contributed by atoms with E-state index < -0.39 is 16.9 Å². The number of nitro groups is 1. The van der Waals surface area contributed by atoms with Gasteiger partial charge in [0.1, 0.15) is 0 Å². The van der Waals surface area contributed by atoms with Crippen LogP contribution < -0.4 is 0 Å². The van der Waals surface area contributed by atoms with Crippen LogP contribution >= 0.6 is 0 Å². The number of carboxylic acid groups (broad SMARTS) is 1. The van der Waals surface area contributed by atoms with E-state index in [1.807, 2.05) is 12.2 Å². The van der Waals surface area contributed by atoms with Gasteiger partial charge in [0.05, 0.1) is 0 Å². The molecule has 0 heterocycles. The minimum Gasteiger partial charge on any atom is -0.476 e. The third kappa shape index (κ3) is 13.2. The zero-order chi connectivity index (χ0) is 17.3. The summed E-state index contributed by atoms with van der Waals surface area (Å²) in [5, 5.41) is 19.2. The molecule has 0 saturated carbocycles. The maximum absolute atomic E-state index is 10.6. The molecule has 5 heteroatoms. The molecule has 0 aromatic heterocycles. The molecule has 128 valence electrons. The highest BCUT2D eigenvalue weighted by atomic mass is 16.6. The molecule has 0 fully saturated rings. The normalized spacial score (nSPS) is 13.6. The zero-order valence-electron chi connectivity index (χ0n) is 13.8. The Balaban J connectivity index is 3.67. The number of aliphatic carboxylic acids is 1. The molecule has 5 nitrogen and oxygen atoms in total. The quantitative estimate of drug-likeness (QED) is 0.231. The van der Waals surface area contributed by atoms with Crippen molar-refractivity contribution in [2.75, 3.05) is 0 Å². The molecule has 0 aliphatic rings. The van der Waals surface area contributed by atoms with Crippen LogP contribution in [0.25, 0.3) is 0 Å². The summed E-state index contributed by atoms with van der Waals surface area (Å²) in [5.74, 6) is -1.36. The highest BCUT2D eigenvalue weighted by molar-refractivity contribution is 5.71. The fourth-order valence-corrected chi connectivity index (χ4v) is 1.85. The molecule has 0 bridgehead atoms. The topological polar surface area (TPSA) is 80.4 Å². The summed E-state index contributed by atoms with van der Waals surface area (Å²) in [7, 11) is 0. The van der Waals surface area contributed by atoms with Crippen molar-refractivity contribution in [2.24, 2.45) is 0 Å². The van der Waals surface area contributed by atoms with Crippen molar-refractivity contribution in [1.29, 1.82) is 0 Å². The van der Waals surface area contributed by atoms with Crippen LogP contribution in [0.4, 0.5) is 0 Å². The van der Waals surface area contributed by atoms with Crippen LogP contribution in [0.3, 0.4) is 0 Å². The summed E-state index contributed by atoms with van der Waals surface area (Å²) < 4.78 is 0. The monoisotopic (exact) mass is 321 g/mol. The third-order valence-corrected chi connectivity index (χ3v) is 3.11. The lowest BCUT2D eigenvalue weighted by Crippen LogP contribution is -2.28. The SMILES string of the molecule is CCC=CCC=CCC=CCC=CCCCC(C(=O)O)[N+](=O)[O-]. The van der Waals surface area contributed by atoms with E-state index in [4.69, 9.17) is 5.11 Å². The maximum Gasteiger partial charge on any atom is 0.379 e. The molecule has 0 aliphatic carbocycles. The fourth-order valence-electron chi connectivity index (χ4n) is 1.85. The smallest absolute Gasteiger partial charge is 0.379 e. The van der Waals surface area contributed by atoms with Gasteiger partial charge in [-0.2, -0.15) is 0 Å². The van der Waals surface area contributed by atoms with Gasteiger partial charge >= 0.3 is 12.0 Å². The molecule has 0 rings (SSSR count). The van der Waals surface area contributed by atoms with Crippen LogP contribution in [0.15, 0.2) is 48.6 Å². The van der Waals surface area contributed by atoms with E-state index in [2.05, 4.69) is 43.4 Å². The number of allylic oxidation sites excluding steroid dienone is 8. The molecule has 0 amide bonds. The standard InChI is InChI=1S/C18H27NO4/c1-2-3-4-5-6-7-8-9-10-11-12-13-14-15-16-17(18(20)21)19(22)23/h3-4,6-7,9-10,12-13,17H,2,5,8,11,14-16H2,1H3,(H,20,21). The van der Waals surface area contributed by atoms with Gasteiger partial charge in [0.2, 0.25) is 0 Å². The summed E-state index contributed by atoms with van der Waals surface area (Å²) >= 11 is 0. The molecule has 1 atom stereocenters. The number of nitrogens with zero attached hydrogens (tertiary/aromatic N) is 1. The predicted octanol–water partition coefficient (Wildman–Crippen LogP) is 4.69. The van der Waals surface area contributed by atoms with Gasteiger partial charge in [-0.15, -0.1) is 0 Å². The summed E-state index contributed by atoms with van der Waals surface area (Å²) in [6, 6.07) is -1.48. The van der Waals surface area contributed by atoms with E-state index in [9.17, 15) is 14.9 Å². The van der Waals surface area contributed by atoms with Gasteiger partial charge in [0, 0.05) is 11.3 Å². The maximum atomic E-state index is 10.6. The van der Waals surface area contributed by atoms with Crippen molar-refractivity contribution in [3.8, 4) is 0 Å². The number of unbranched alkanes of at least 4 members (excludes halogenated alkanes) is 1. The minimum absolute atomic E-state index is 0.0692.